The Morgan fingerprint density at radius 2 is 1.95 bits per heavy atom. The van der Waals surface area contributed by atoms with Gasteiger partial charge >= 0.3 is 0 Å². The fraction of sp³-hybridized carbons (Fsp3) is 0.0667. The van der Waals surface area contributed by atoms with Crippen LogP contribution in [0.2, 0.25) is 0 Å². The Bertz CT molecular complexity index is 775. The lowest BCUT2D eigenvalue weighted by Crippen LogP contribution is -2.13. The van der Waals surface area contributed by atoms with Crippen molar-refractivity contribution in [3.63, 3.8) is 0 Å². The molecule has 4 N–H and O–H groups in total. The maximum absolute atomic E-state index is 11.1. The van der Waals surface area contributed by atoms with Crippen LogP contribution in [-0.4, -0.2) is 21.0 Å². The molecule has 0 unspecified atom stereocenters. The fourth-order valence-corrected chi connectivity index (χ4v) is 2.18. The van der Waals surface area contributed by atoms with Gasteiger partial charge in [-0.1, -0.05) is 12.1 Å². The molecule has 0 aliphatic heterocycles. The topological polar surface area (TPSA) is 92.0 Å². The standard InChI is InChI=1S/C15H13N3O2/c16-13(20)8-10-2-1-3-12-14(10)18-15(17-12)9-4-6-11(19)7-5-9/h1-7,19H,8H2,(H2,16,20)(H,17,18). The number of phenolic OH excluding ortho intramolecular Hbond substituents is 1. The molecule has 3 rings (SSSR count). The second-order valence-electron chi connectivity index (χ2n) is 4.59. The van der Waals surface area contributed by atoms with E-state index in [0.29, 0.717) is 5.82 Å². The summed E-state index contributed by atoms with van der Waals surface area (Å²) < 4.78 is 0. The zero-order valence-corrected chi connectivity index (χ0v) is 10.6. The molecule has 0 fully saturated rings. The summed E-state index contributed by atoms with van der Waals surface area (Å²) in [6.07, 6.45) is 0.164. The van der Waals surface area contributed by atoms with Crippen LogP contribution in [0.4, 0.5) is 0 Å². The smallest absolute Gasteiger partial charge is 0.221 e. The maximum Gasteiger partial charge on any atom is 0.221 e. The largest absolute Gasteiger partial charge is 0.508 e. The molecule has 3 aromatic rings. The molecule has 1 heterocycles. The number of nitrogens with one attached hydrogen (secondary N) is 1. The number of para-hydroxylation sites is 1. The molecule has 1 amide bonds. The van der Waals surface area contributed by atoms with Gasteiger partial charge < -0.3 is 15.8 Å². The highest BCUT2D eigenvalue weighted by molar-refractivity contribution is 5.87. The van der Waals surface area contributed by atoms with E-state index in [4.69, 9.17) is 5.73 Å². The van der Waals surface area contributed by atoms with E-state index < -0.39 is 0 Å². The van der Waals surface area contributed by atoms with Gasteiger partial charge in [-0.25, -0.2) is 4.98 Å². The van der Waals surface area contributed by atoms with Gasteiger partial charge in [-0.2, -0.15) is 0 Å². The molecule has 20 heavy (non-hydrogen) atoms. The molecule has 5 nitrogen and oxygen atoms in total. The summed E-state index contributed by atoms with van der Waals surface area (Å²) in [5.74, 6) is 0.517. The number of nitrogens with two attached hydrogens (primary N) is 1. The normalized spacial score (nSPS) is 10.8. The number of aromatic nitrogens is 2. The number of carbonyl (C=O) groups excluding carboxylic acids is 1. The average Bonchev–Trinajstić information content (AvgIpc) is 2.84. The zero-order chi connectivity index (χ0) is 14.1. The van der Waals surface area contributed by atoms with E-state index in [1.807, 2.05) is 18.2 Å². The number of amides is 1. The molecule has 0 saturated carbocycles. The molecule has 0 saturated heterocycles. The number of imidazole rings is 1. The minimum Gasteiger partial charge on any atom is -0.508 e. The summed E-state index contributed by atoms with van der Waals surface area (Å²) in [6, 6.07) is 12.4. The van der Waals surface area contributed by atoms with Gasteiger partial charge in [0.1, 0.15) is 11.6 Å². The zero-order valence-electron chi connectivity index (χ0n) is 10.6. The van der Waals surface area contributed by atoms with Gasteiger partial charge in [0.15, 0.2) is 0 Å². The number of primary amides is 1. The maximum atomic E-state index is 11.1. The average molecular weight is 267 g/mol. The lowest BCUT2D eigenvalue weighted by Gasteiger charge is -1.97. The first-order chi connectivity index (χ1) is 9.63. The molecule has 0 aliphatic carbocycles. The van der Waals surface area contributed by atoms with Crippen molar-refractivity contribution in [2.45, 2.75) is 6.42 Å². The lowest BCUT2D eigenvalue weighted by molar-refractivity contribution is -0.117. The van der Waals surface area contributed by atoms with Crippen molar-refractivity contribution in [2.75, 3.05) is 0 Å². The number of aromatic hydroxyl groups is 1. The number of rotatable bonds is 3. The van der Waals surface area contributed by atoms with E-state index in [1.54, 1.807) is 24.3 Å². The molecule has 100 valence electrons. The van der Waals surface area contributed by atoms with Crippen molar-refractivity contribution < 1.29 is 9.90 Å². The number of hydrogen-bond donors (Lipinski definition) is 3. The van der Waals surface area contributed by atoms with Crippen molar-refractivity contribution in [2.24, 2.45) is 5.73 Å². The minimum absolute atomic E-state index is 0.164. The third-order valence-corrected chi connectivity index (χ3v) is 3.10. The summed E-state index contributed by atoms with van der Waals surface area (Å²) in [4.78, 5) is 18.8. The second kappa shape index (κ2) is 4.70. The fourth-order valence-electron chi connectivity index (χ4n) is 2.18. The van der Waals surface area contributed by atoms with Crippen molar-refractivity contribution in [1.82, 2.24) is 9.97 Å². The number of aromatic amines is 1. The Balaban J connectivity index is 2.10. The second-order valence-corrected chi connectivity index (χ2v) is 4.59. The third-order valence-electron chi connectivity index (χ3n) is 3.10. The van der Waals surface area contributed by atoms with E-state index >= 15 is 0 Å². The van der Waals surface area contributed by atoms with Crippen LogP contribution in [0.1, 0.15) is 5.56 Å². The Kier molecular flexibility index (Phi) is 2.87. The van der Waals surface area contributed by atoms with Gasteiger partial charge in [-0.15, -0.1) is 0 Å². The molecule has 0 radical (unpaired) electrons. The van der Waals surface area contributed by atoms with Crippen molar-refractivity contribution in [3.05, 3.63) is 48.0 Å². The Morgan fingerprint density at radius 3 is 2.65 bits per heavy atom. The van der Waals surface area contributed by atoms with E-state index in [-0.39, 0.29) is 18.1 Å². The number of phenols is 1. The highest BCUT2D eigenvalue weighted by atomic mass is 16.3. The van der Waals surface area contributed by atoms with Crippen molar-refractivity contribution in [3.8, 4) is 17.1 Å². The number of fused-ring (bicyclic) bond motifs is 1. The molecule has 0 bridgehead atoms. The van der Waals surface area contributed by atoms with E-state index in [2.05, 4.69) is 9.97 Å². The molecular formula is C15H13N3O2. The number of H-pyrrole nitrogens is 1. The SMILES string of the molecule is NC(=O)Cc1cccc2[nH]c(-c3ccc(O)cc3)nc12. The molecule has 2 aromatic carbocycles. The molecule has 0 aliphatic rings. The number of hydrogen-bond acceptors (Lipinski definition) is 3. The van der Waals surface area contributed by atoms with Crippen LogP contribution in [0.3, 0.4) is 0 Å². The lowest BCUT2D eigenvalue weighted by atomic mass is 10.1. The summed E-state index contributed by atoms with van der Waals surface area (Å²) >= 11 is 0. The van der Waals surface area contributed by atoms with E-state index in [0.717, 1.165) is 22.2 Å². The highest BCUT2D eigenvalue weighted by Gasteiger charge is 2.10. The van der Waals surface area contributed by atoms with Crippen LogP contribution in [-0.2, 0) is 11.2 Å². The van der Waals surface area contributed by atoms with Gasteiger partial charge in [0.2, 0.25) is 5.91 Å². The van der Waals surface area contributed by atoms with Crippen LogP contribution < -0.4 is 5.73 Å². The number of benzene rings is 2. The van der Waals surface area contributed by atoms with Crippen LogP contribution in [0.15, 0.2) is 42.5 Å². The molecule has 1 aromatic heterocycles. The van der Waals surface area contributed by atoms with Gasteiger partial charge in [0, 0.05) is 5.56 Å². The van der Waals surface area contributed by atoms with Gasteiger partial charge in [0.25, 0.3) is 0 Å². The summed E-state index contributed by atoms with van der Waals surface area (Å²) in [7, 11) is 0. The minimum atomic E-state index is -0.383. The van der Waals surface area contributed by atoms with E-state index in [9.17, 15) is 9.90 Å². The third kappa shape index (κ3) is 2.21. The van der Waals surface area contributed by atoms with Gasteiger partial charge in [-0.05, 0) is 35.9 Å². The summed E-state index contributed by atoms with van der Waals surface area (Å²) in [5.41, 5.74) is 8.51. The molecule has 0 atom stereocenters. The first kappa shape index (κ1) is 12.2. The quantitative estimate of drug-likeness (QED) is 0.677. The molecule has 0 spiro atoms. The van der Waals surface area contributed by atoms with Crippen LogP contribution in [0.25, 0.3) is 22.4 Å². The Morgan fingerprint density at radius 1 is 1.20 bits per heavy atom. The first-order valence-electron chi connectivity index (χ1n) is 6.19. The van der Waals surface area contributed by atoms with E-state index in [1.165, 1.54) is 0 Å². The summed E-state index contributed by atoms with van der Waals surface area (Å²) in [5, 5.41) is 9.30. The Hall–Kier alpha value is -2.82. The van der Waals surface area contributed by atoms with Crippen LogP contribution in [0.5, 0.6) is 5.75 Å². The number of carbonyl (C=O) groups is 1. The molecule has 5 heteroatoms. The van der Waals surface area contributed by atoms with Crippen molar-refractivity contribution >= 4 is 16.9 Å². The predicted molar refractivity (Wildman–Crippen MR) is 76.1 cm³/mol. The predicted octanol–water partition coefficient (Wildman–Crippen LogP) is 1.96. The first-order valence-corrected chi connectivity index (χ1v) is 6.19. The summed E-state index contributed by atoms with van der Waals surface area (Å²) in [6.45, 7) is 0. The highest BCUT2D eigenvalue weighted by Crippen LogP contribution is 2.24. The van der Waals surface area contributed by atoms with Gasteiger partial charge in [0.05, 0.1) is 17.5 Å². The Labute approximate surface area is 115 Å². The monoisotopic (exact) mass is 267 g/mol. The molecular weight excluding hydrogens is 254 g/mol. The van der Waals surface area contributed by atoms with Crippen LogP contribution >= 0.6 is 0 Å². The van der Waals surface area contributed by atoms with Crippen molar-refractivity contribution in [1.29, 1.82) is 0 Å². The van der Waals surface area contributed by atoms with Gasteiger partial charge in [-0.3, -0.25) is 4.79 Å². The number of nitrogens with zero attached hydrogens (tertiary/aromatic N) is 1. The van der Waals surface area contributed by atoms with Crippen LogP contribution in [0, 0.1) is 0 Å².